The quantitative estimate of drug-likeness (QED) is 0.205. The van der Waals surface area contributed by atoms with Gasteiger partial charge in [-0.25, -0.2) is 5.06 Å². The van der Waals surface area contributed by atoms with Crippen molar-refractivity contribution in [3.63, 3.8) is 0 Å². The van der Waals surface area contributed by atoms with Crippen LogP contribution in [-0.4, -0.2) is 72.2 Å². The molecule has 2 heterocycles. The Labute approximate surface area is 230 Å². The Kier molecular flexibility index (Phi) is 10.9. The lowest BCUT2D eigenvalue weighted by atomic mass is 9.84. The Morgan fingerprint density at radius 1 is 1.23 bits per heavy atom. The van der Waals surface area contributed by atoms with Crippen molar-refractivity contribution in [2.24, 2.45) is 17.3 Å². The number of hydroxylamine groups is 2. The molecule has 1 saturated carbocycles. The zero-order valence-electron chi connectivity index (χ0n) is 23.6. The number of ether oxygens (including phenoxy) is 1. The van der Waals surface area contributed by atoms with Gasteiger partial charge < -0.3 is 24.7 Å². The molecule has 0 aromatic carbocycles. The average molecular weight is 549 g/mol. The van der Waals surface area contributed by atoms with Crippen LogP contribution in [0, 0.1) is 17.3 Å². The molecule has 2 aliphatic rings. The average Bonchev–Trinajstić information content (AvgIpc) is 3.42. The molecule has 3 amide bonds. The van der Waals surface area contributed by atoms with Gasteiger partial charge in [0, 0.05) is 25.2 Å². The summed E-state index contributed by atoms with van der Waals surface area (Å²) in [7, 11) is 1.42. The van der Waals surface area contributed by atoms with Gasteiger partial charge >= 0.3 is 0 Å². The van der Waals surface area contributed by atoms with Gasteiger partial charge in [-0.2, -0.15) is 0 Å². The van der Waals surface area contributed by atoms with Crippen molar-refractivity contribution < 1.29 is 28.7 Å². The Morgan fingerprint density at radius 3 is 2.46 bits per heavy atom. The number of nitrogens with one attached hydrogen (secondary N) is 2. The number of hydrogen-bond donors (Lipinski definition) is 3. The van der Waals surface area contributed by atoms with E-state index in [4.69, 9.17) is 9.15 Å². The van der Waals surface area contributed by atoms with Crippen molar-refractivity contribution in [2.45, 2.75) is 84.3 Å². The number of rotatable bonds is 12. The summed E-state index contributed by atoms with van der Waals surface area (Å²) in [5.41, 5.74) is -0.769. The van der Waals surface area contributed by atoms with Crippen molar-refractivity contribution in [3.05, 3.63) is 28.3 Å². The number of carbonyl (C=O) groups excluding carboxylic acids is 3. The van der Waals surface area contributed by atoms with E-state index in [1.165, 1.54) is 19.4 Å². The van der Waals surface area contributed by atoms with Crippen molar-refractivity contribution in [1.82, 2.24) is 20.6 Å². The normalized spacial score (nSPS) is 18.4. The third kappa shape index (κ3) is 8.79. The summed E-state index contributed by atoms with van der Waals surface area (Å²) in [6.45, 7) is 7.12. The molecule has 1 aliphatic carbocycles. The number of piperidine rings is 1. The van der Waals surface area contributed by atoms with Crippen LogP contribution >= 0.6 is 0 Å². The van der Waals surface area contributed by atoms with E-state index >= 15 is 0 Å². The molecule has 11 nitrogen and oxygen atoms in total. The summed E-state index contributed by atoms with van der Waals surface area (Å²) >= 11 is 0. The SMILES string of the molecule is COc1coc(CNC2CCN(C(=O)[C@@H](NC(=O)[C@H](CC3CCCC3)CN(O)C=O)C(C)(C)C)CC2)cc1=O. The molecule has 2 fully saturated rings. The molecule has 3 rings (SSSR count). The first-order valence-electron chi connectivity index (χ1n) is 13.9. The first-order valence-corrected chi connectivity index (χ1v) is 13.9. The van der Waals surface area contributed by atoms with Gasteiger partial charge in [0.1, 0.15) is 18.1 Å². The second-order valence-corrected chi connectivity index (χ2v) is 11.9. The molecule has 218 valence electrons. The zero-order valence-corrected chi connectivity index (χ0v) is 23.6. The van der Waals surface area contributed by atoms with Gasteiger partial charge in [-0.15, -0.1) is 0 Å². The summed E-state index contributed by atoms with van der Waals surface area (Å²) in [4.78, 5) is 51.8. The van der Waals surface area contributed by atoms with E-state index in [0.717, 1.165) is 38.5 Å². The highest BCUT2D eigenvalue weighted by molar-refractivity contribution is 5.89. The minimum atomic E-state index is -0.738. The zero-order chi connectivity index (χ0) is 28.6. The summed E-state index contributed by atoms with van der Waals surface area (Å²) in [5.74, 6) is 0.0159. The number of hydrogen-bond acceptors (Lipinski definition) is 8. The Morgan fingerprint density at radius 2 is 1.90 bits per heavy atom. The van der Waals surface area contributed by atoms with E-state index in [1.807, 2.05) is 20.8 Å². The lowest BCUT2D eigenvalue weighted by Crippen LogP contribution is -2.58. The lowest BCUT2D eigenvalue weighted by molar-refractivity contribution is -0.156. The van der Waals surface area contributed by atoms with E-state index in [0.29, 0.717) is 49.2 Å². The van der Waals surface area contributed by atoms with E-state index < -0.39 is 17.4 Å². The topological polar surface area (TPSA) is 141 Å². The number of likely N-dealkylation sites (tertiary alicyclic amines) is 1. The highest BCUT2D eigenvalue weighted by Gasteiger charge is 2.38. The Hall–Kier alpha value is -2.92. The largest absolute Gasteiger partial charge is 0.490 e. The van der Waals surface area contributed by atoms with Crippen molar-refractivity contribution in [2.75, 3.05) is 26.7 Å². The highest BCUT2D eigenvalue weighted by Crippen LogP contribution is 2.31. The molecule has 11 heteroatoms. The molecule has 1 aromatic rings. The maximum absolute atomic E-state index is 13.6. The molecule has 0 radical (unpaired) electrons. The van der Waals surface area contributed by atoms with E-state index in [1.54, 1.807) is 4.90 Å². The highest BCUT2D eigenvalue weighted by atomic mass is 16.5. The van der Waals surface area contributed by atoms with Crippen LogP contribution in [0.5, 0.6) is 5.75 Å². The second-order valence-electron chi connectivity index (χ2n) is 11.9. The molecule has 0 unspecified atom stereocenters. The number of carbonyl (C=O) groups is 3. The van der Waals surface area contributed by atoms with Crippen LogP contribution in [-0.2, 0) is 20.9 Å². The molecular formula is C28H44N4O7. The van der Waals surface area contributed by atoms with Crippen LogP contribution in [0.4, 0.5) is 0 Å². The molecule has 0 bridgehead atoms. The fourth-order valence-electron chi connectivity index (χ4n) is 5.50. The van der Waals surface area contributed by atoms with E-state index in [-0.39, 0.29) is 35.6 Å². The standard InChI is InChI=1S/C28H44N4O7/c1-28(2,3)25(30-26(35)20(16-32(37)18-33)13-19-7-5-6-8-19)27(36)31-11-9-21(10-12-31)29-15-22-14-23(34)24(38-4)17-39-22/h14,17-21,25,29,37H,5-13,15-16H2,1-4H3,(H,30,35)/t20-,25-/m1/s1. The van der Waals surface area contributed by atoms with Crippen molar-refractivity contribution in [3.8, 4) is 5.75 Å². The molecule has 1 saturated heterocycles. The molecule has 2 atom stereocenters. The maximum Gasteiger partial charge on any atom is 0.245 e. The molecule has 1 aliphatic heterocycles. The predicted molar refractivity (Wildman–Crippen MR) is 144 cm³/mol. The lowest BCUT2D eigenvalue weighted by Gasteiger charge is -2.39. The summed E-state index contributed by atoms with van der Waals surface area (Å²) in [6, 6.07) is 0.822. The third-order valence-corrected chi connectivity index (χ3v) is 7.84. The van der Waals surface area contributed by atoms with Gasteiger partial charge in [-0.05, 0) is 30.6 Å². The van der Waals surface area contributed by atoms with Gasteiger partial charge in [0.15, 0.2) is 0 Å². The Balaban J connectivity index is 1.58. The van der Waals surface area contributed by atoms with Crippen LogP contribution < -0.4 is 20.8 Å². The molecule has 1 aromatic heterocycles. The third-order valence-electron chi connectivity index (χ3n) is 7.84. The summed E-state index contributed by atoms with van der Waals surface area (Å²) in [5, 5.41) is 16.7. The monoisotopic (exact) mass is 548 g/mol. The number of nitrogens with zero attached hydrogens (tertiary/aromatic N) is 2. The van der Waals surface area contributed by atoms with Crippen LogP contribution in [0.2, 0.25) is 0 Å². The molecule has 0 spiro atoms. The van der Waals surface area contributed by atoms with Gasteiger partial charge in [0.05, 0.1) is 26.1 Å². The van der Waals surface area contributed by atoms with Gasteiger partial charge in [-0.1, -0.05) is 46.5 Å². The maximum atomic E-state index is 13.6. The van der Waals surface area contributed by atoms with Gasteiger partial charge in [0.2, 0.25) is 29.4 Å². The first-order chi connectivity index (χ1) is 18.5. The number of methoxy groups -OCH3 is 1. The van der Waals surface area contributed by atoms with Crippen LogP contribution in [0.1, 0.15) is 71.5 Å². The predicted octanol–water partition coefficient (Wildman–Crippen LogP) is 2.30. The van der Waals surface area contributed by atoms with Crippen molar-refractivity contribution in [1.29, 1.82) is 0 Å². The molecule has 3 N–H and O–H groups in total. The molecule has 39 heavy (non-hydrogen) atoms. The van der Waals surface area contributed by atoms with Crippen LogP contribution in [0.25, 0.3) is 0 Å². The summed E-state index contributed by atoms with van der Waals surface area (Å²) in [6.07, 6.45) is 7.94. The summed E-state index contributed by atoms with van der Waals surface area (Å²) < 4.78 is 10.4. The Bertz CT molecular complexity index is 1020. The van der Waals surface area contributed by atoms with Crippen LogP contribution in [0.3, 0.4) is 0 Å². The molecular weight excluding hydrogens is 504 g/mol. The van der Waals surface area contributed by atoms with E-state index in [2.05, 4.69) is 10.6 Å². The second kappa shape index (κ2) is 13.9. The smallest absolute Gasteiger partial charge is 0.245 e. The minimum absolute atomic E-state index is 0.0950. The van der Waals surface area contributed by atoms with Crippen molar-refractivity contribution >= 4 is 18.2 Å². The first kappa shape index (κ1) is 30.6. The van der Waals surface area contributed by atoms with Crippen LogP contribution in [0.15, 0.2) is 21.5 Å². The van der Waals surface area contributed by atoms with Gasteiger partial charge in [0.25, 0.3) is 0 Å². The minimum Gasteiger partial charge on any atom is -0.490 e. The van der Waals surface area contributed by atoms with Gasteiger partial charge in [-0.3, -0.25) is 24.4 Å². The fourth-order valence-corrected chi connectivity index (χ4v) is 5.50. The number of amides is 3. The fraction of sp³-hybridized carbons (Fsp3) is 0.714. The van der Waals surface area contributed by atoms with E-state index in [9.17, 15) is 24.4 Å².